The van der Waals surface area contributed by atoms with Gasteiger partial charge in [-0.05, 0) is 24.1 Å². The van der Waals surface area contributed by atoms with Crippen molar-refractivity contribution < 1.29 is 13.2 Å². The molecule has 0 unspecified atom stereocenters. The third-order valence-corrected chi connectivity index (χ3v) is 2.04. The minimum Gasteiger partial charge on any atom is -0.166 e. The van der Waals surface area contributed by atoms with E-state index in [1.54, 1.807) is 6.08 Å². The molecule has 0 radical (unpaired) electrons. The molecule has 1 aromatic carbocycles. The quantitative estimate of drug-likeness (QED) is 0.682. The Morgan fingerprint density at radius 1 is 1.13 bits per heavy atom. The molecule has 0 saturated heterocycles. The summed E-state index contributed by atoms with van der Waals surface area (Å²) in [7, 11) is 0. The van der Waals surface area contributed by atoms with Crippen molar-refractivity contribution in [2.75, 3.05) is 5.88 Å². The van der Waals surface area contributed by atoms with Gasteiger partial charge in [-0.15, -0.1) is 11.6 Å². The van der Waals surface area contributed by atoms with Crippen LogP contribution < -0.4 is 0 Å². The van der Waals surface area contributed by atoms with Gasteiger partial charge >= 0.3 is 6.18 Å². The van der Waals surface area contributed by atoms with Crippen molar-refractivity contribution in [1.29, 1.82) is 0 Å². The normalized spacial score (nSPS) is 12.3. The molecule has 4 heteroatoms. The zero-order valence-corrected chi connectivity index (χ0v) is 8.65. The van der Waals surface area contributed by atoms with Gasteiger partial charge in [-0.2, -0.15) is 13.2 Å². The van der Waals surface area contributed by atoms with Gasteiger partial charge in [-0.3, -0.25) is 0 Å². The summed E-state index contributed by atoms with van der Waals surface area (Å²) < 4.78 is 36.6. The smallest absolute Gasteiger partial charge is 0.166 e. The molecule has 0 nitrogen and oxygen atoms in total. The zero-order valence-electron chi connectivity index (χ0n) is 7.89. The van der Waals surface area contributed by atoms with Gasteiger partial charge in [0, 0.05) is 5.88 Å². The van der Waals surface area contributed by atoms with E-state index in [1.807, 2.05) is 6.08 Å². The molecule has 0 atom stereocenters. The average molecular weight is 235 g/mol. The van der Waals surface area contributed by atoms with Crippen LogP contribution in [0.3, 0.4) is 0 Å². The lowest BCUT2D eigenvalue weighted by Crippen LogP contribution is -2.03. The molecule has 0 bridgehead atoms. The molecule has 15 heavy (non-hydrogen) atoms. The van der Waals surface area contributed by atoms with Crippen LogP contribution in [-0.4, -0.2) is 5.88 Å². The van der Waals surface area contributed by atoms with Crippen molar-refractivity contribution in [2.24, 2.45) is 0 Å². The summed E-state index contributed by atoms with van der Waals surface area (Å²) in [6, 6.07) is 5.02. The molecule has 0 aliphatic heterocycles. The minimum absolute atomic E-state index is 0.511. The Morgan fingerprint density at radius 2 is 1.73 bits per heavy atom. The maximum atomic E-state index is 12.2. The van der Waals surface area contributed by atoms with Crippen LogP contribution in [0.2, 0.25) is 0 Å². The highest BCUT2D eigenvalue weighted by Crippen LogP contribution is 2.29. The Morgan fingerprint density at radius 3 is 2.20 bits per heavy atom. The fraction of sp³-hybridized carbons (Fsp3) is 0.273. The van der Waals surface area contributed by atoms with Crippen molar-refractivity contribution in [3.05, 3.63) is 41.5 Å². The van der Waals surface area contributed by atoms with E-state index in [2.05, 4.69) is 0 Å². The molecule has 0 aliphatic rings. The number of benzene rings is 1. The first kappa shape index (κ1) is 12.1. The molecule has 0 spiro atoms. The average Bonchev–Trinajstić information content (AvgIpc) is 2.18. The van der Waals surface area contributed by atoms with Crippen LogP contribution in [0.15, 0.2) is 30.3 Å². The third-order valence-electron chi connectivity index (χ3n) is 1.82. The lowest BCUT2D eigenvalue weighted by molar-refractivity contribution is -0.137. The fourth-order valence-electron chi connectivity index (χ4n) is 1.07. The third kappa shape index (κ3) is 3.96. The van der Waals surface area contributed by atoms with Crippen LogP contribution in [0.4, 0.5) is 13.2 Å². The molecule has 0 saturated carbocycles. The highest BCUT2D eigenvalue weighted by Gasteiger charge is 2.29. The standard InChI is InChI=1S/C11H10ClF3/c12-8-2-1-3-9-4-6-10(7-5-9)11(13,14)15/h1,3-7H,2,8H2/b3-1+. The van der Waals surface area contributed by atoms with E-state index in [0.29, 0.717) is 12.3 Å². The molecule has 0 N–H and O–H groups in total. The topological polar surface area (TPSA) is 0 Å². The van der Waals surface area contributed by atoms with Crippen molar-refractivity contribution in [2.45, 2.75) is 12.6 Å². The predicted molar refractivity (Wildman–Crippen MR) is 55.8 cm³/mol. The molecule has 0 aliphatic carbocycles. The Hall–Kier alpha value is -0.960. The number of allylic oxidation sites excluding steroid dienone is 1. The maximum Gasteiger partial charge on any atom is 0.416 e. The van der Waals surface area contributed by atoms with E-state index in [4.69, 9.17) is 11.6 Å². The second-order valence-corrected chi connectivity index (χ2v) is 3.38. The van der Waals surface area contributed by atoms with E-state index in [9.17, 15) is 13.2 Å². The molecular formula is C11H10ClF3. The highest BCUT2D eigenvalue weighted by atomic mass is 35.5. The first-order chi connectivity index (χ1) is 7.04. The number of halogens is 4. The largest absolute Gasteiger partial charge is 0.416 e. The van der Waals surface area contributed by atoms with E-state index in [-0.39, 0.29) is 0 Å². The second-order valence-electron chi connectivity index (χ2n) is 3.00. The van der Waals surface area contributed by atoms with Crippen LogP contribution in [0.1, 0.15) is 17.5 Å². The van der Waals surface area contributed by atoms with E-state index in [0.717, 1.165) is 17.7 Å². The number of alkyl halides is 4. The minimum atomic E-state index is -4.27. The van der Waals surface area contributed by atoms with E-state index < -0.39 is 11.7 Å². The molecule has 1 aromatic rings. The summed E-state index contributed by atoms with van der Waals surface area (Å²) in [5.74, 6) is 0.511. The molecule has 0 heterocycles. The molecule has 0 amide bonds. The highest BCUT2D eigenvalue weighted by molar-refractivity contribution is 6.17. The molecule has 0 fully saturated rings. The summed E-state index contributed by atoms with van der Waals surface area (Å²) in [5, 5.41) is 0. The van der Waals surface area contributed by atoms with Gasteiger partial charge in [0.15, 0.2) is 0 Å². The lowest BCUT2D eigenvalue weighted by atomic mass is 10.1. The fourth-order valence-corrected chi connectivity index (χ4v) is 1.19. The van der Waals surface area contributed by atoms with Crippen molar-refractivity contribution in [3.63, 3.8) is 0 Å². The van der Waals surface area contributed by atoms with Gasteiger partial charge in [-0.25, -0.2) is 0 Å². The SMILES string of the molecule is FC(F)(F)c1ccc(/C=C/CCCl)cc1. The van der Waals surface area contributed by atoms with Crippen LogP contribution in [-0.2, 0) is 6.18 Å². The maximum absolute atomic E-state index is 12.2. The van der Waals surface area contributed by atoms with Crippen molar-refractivity contribution in [3.8, 4) is 0 Å². The first-order valence-corrected chi connectivity index (χ1v) is 4.97. The van der Waals surface area contributed by atoms with Crippen LogP contribution in [0, 0.1) is 0 Å². The van der Waals surface area contributed by atoms with Crippen LogP contribution in [0.25, 0.3) is 6.08 Å². The second kappa shape index (κ2) is 5.21. The molecular weight excluding hydrogens is 225 g/mol. The van der Waals surface area contributed by atoms with Gasteiger partial charge in [-0.1, -0.05) is 24.3 Å². The first-order valence-electron chi connectivity index (χ1n) is 4.44. The van der Waals surface area contributed by atoms with E-state index in [1.165, 1.54) is 12.1 Å². The molecule has 82 valence electrons. The summed E-state index contributed by atoms with van der Waals surface area (Å²) in [4.78, 5) is 0. The van der Waals surface area contributed by atoms with Crippen molar-refractivity contribution in [1.82, 2.24) is 0 Å². The van der Waals surface area contributed by atoms with Gasteiger partial charge < -0.3 is 0 Å². The number of hydrogen-bond acceptors (Lipinski definition) is 0. The van der Waals surface area contributed by atoms with Crippen LogP contribution >= 0.6 is 11.6 Å². The molecule has 1 rings (SSSR count). The lowest BCUT2D eigenvalue weighted by Gasteiger charge is -2.05. The molecule has 0 aromatic heterocycles. The van der Waals surface area contributed by atoms with Gasteiger partial charge in [0.1, 0.15) is 0 Å². The number of rotatable bonds is 3. The summed E-state index contributed by atoms with van der Waals surface area (Å²) >= 11 is 5.45. The Kier molecular flexibility index (Phi) is 4.21. The van der Waals surface area contributed by atoms with Crippen molar-refractivity contribution >= 4 is 17.7 Å². The summed E-state index contributed by atoms with van der Waals surface area (Å²) in [5.41, 5.74) is 0.116. The number of hydrogen-bond donors (Lipinski definition) is 0. The van der Waals surface area contributed by atoms with E-state index >= 15 is 0 Å². The van der Waals surface area contributed by atoms with Gasteiger partial charge in [0.2, 0.25) is 0 Å². The Bertz CT molecular complexity index is 325. The summed E-state index contributed by atoms with van der Waals surface area (Å²) in [6.45, 7) is 0. The van der Waals surface area contributed by atoms with Gasteiger partial charge in [0.05, 0.1) is 5.56 Å². The zero-order chi connectivity index (χ0) is 11.3. The summed E-state index contributed by atoms with van der Waals surface area (Å²) in [6.07, 6.45) is 0.0269. The Labute approximate surface area is 91.4 Å². The van der Waals surface area contributed by atoms with Gasteiger partial charge in [0.25, 0.3) is 0 Å². The monoisotopic (exact) mass is 234 g/mol. The van der Waals surface area contributed by atoms with Crippen LogP contribution in [0.5, 0.6) is 0 Å². The Balaban J connectivity index is 2.73. The predicted octanol–water partition coefficient (Wildman–Crippen LogP) is 4.35.